The summed E-state index contributed by atoms with van der Waals surface area (Å²) >= 11 is 0. The van der Waals surface area contributed by atoms with Crippen LogP contribution < -0.4 is 10.1 Å². The Bertz CT molecular complexity index is 1500. The fourth-order valence-electron chi connectivity index (χ4n) is 8.24. The Labute approximate surface area is 220 Å². The Morgan fingerprint density at radius 2 is 1.89 bits per heavy atom. The van der Waals surface area contributed by atoms with Crippen LogP contribution in [0.2, 0.25) is 0 Å². The van der Waals surface area contributed by atoms with Crippen LogP contribution in [0.4, 0.5) is 4.39 Å². The molecule has 2 heterocycles. The molecule has 7 heteroatoms. The molecule has 1 spiro atoms. The molecule has 38 heavy (non-hydrogen) atoms. The van der Waals surface area contributed by atoms with Gasteiger partial charge in [-0.25, -0.2) is 4.39 Å². The first kappa shape index (κ1) is 22.8. The number of benzene rings is 3. The van der Waals surface area contributed by atoms with Gasteiger partial charge in [-0.2, -0.15) is 0 Å². The number of amides is 1. The lowest BCUT2D eigenvalue weighted by molar-refractivity contribution is -0.191. The van der Waals surface area contributed by atoms with Gasteiger partial charge in [0.25, 0.3) is 5.91 Å². The number of halogens is 1. The van der Waals surface area contributed by atoms with Crippen LogP contribution in [0.1, 0.15) is 53.6 Å². The highest BCUT2D eigenvalue weighted by atomic mass is 19.1. The zero-order valence-electron chi connectivity index (χ0n) is 21.1. The maximum Gasteiger partial charge on any atom is 0.251 e. The van der Waals surface area contributed by atoms with Crippen molar-refractivity contribution in [1.29, 1.82) is 0 Å². The van der Waals surface area contributed by atoms with Gasteiger partial charge in [-0.1, -0.05) is 18.2 Å². The number of nitrogens with one attached hydrogen (secondary N) is 1. The smallest absolute Gasteiger partial charge is 0.251 e. The number of piperidine rings is 1. The maximum atomic E-state index is 13.6. The molecule has 2 bridgehead atoms. The second-order valence-electron chi connectivity index (χ2n) is 12.1. The van der Waals surface area contributed by atoms with Crippen molar-refractivity contribution >= 4 is 16.7 Å². The number of fused-ring (bicyclic) bond motifs is 1. The highest BCUT2D eigenvalue weighted by Gasteiger charge is 2.73. The van der Waals surface area contributed by atoms with Crippen molar-refractivity contribution in [1.82, 2.24) is 10.2 Å². The maximum absolute atomic E-state index is 13.6. The molecule has 5 aliphatic rings. The van der Waals surface area contributed by atoms with E-state index in [0.29, 0.717) is 24.2 Å². The molecule has 8 rings (SSSR count). The van der Waals surface area contributed by atoms with Gasteiger partial charge in [0.2, 0.25) is 0 Å². The Hall–Kier alpha value is -3.16. The van der Waals surface area contributed by atoms with E-state index >= 15 is 0 Å². The van der Waals surface area contributed by atoms with E-state index in [1.54, 1.807) is 30.3 Å². The molecule has 0 radical (unpaired) electrons. The van der Waals surface area contributed by atoms with Crippen LogP contribution in [-0.2, 0) is 11.8 Å². The van der Waals surface area contributed by atoms with Gasteiger partial charge in [0.15, 0.2) is 11.5 Å². The summed E-state index contributed by atoms with van der Waals surface area (Å²) in [5.41, 5.74) is 0.951. The molecule has 1 unspecified atom stereocenters. The molecule has 3 fully saturated rings. The lowest BCUT2D eigenvalue weighted by Gasteiger charge is -2.64. The Morgan fingerprint density at radius 1 is 1.08 bits per heavy atom. The summed E-state index contributed by atoms with van der Waals surface area (Å²) in [5.74, 6) is 0.785. The molecular formula is C31H31FN2O4. The molecule has 1 amide bonds. The van der Waals surface area contributed by atoms with Crippen molar-refractivity contribution in [2.45, 2.75) is 67.7 Å². The minimum atomic E-state index is -0.981. The molecule has 2 aliphatic heterocycles. The lowest BCUT2D eigenvalue weighted by Crippen LogP contribution is -2.78. The van der Waals surface area contributed by atoms with Crippen LogP contribution in [0.25, 0.3) is 10.8 Å². The lowest BCUT2D eigenvalue weighted by atomic mass is 9.48. The molecule has 196 valence electrons. The zero-order chi connectivity index (χ0) is 25.8. The number of phenols is 1. The van der Waals surface area contributed by atoms with Crippen molar-refractivity contribution in [2.24, 2.45) is 5.92 Å². The number of aliphatic hydroxyl groups is 1. The molecule has 3 aromatic rings. The Morgan fingerprint density at radius 3 is 2.74 bits per heavy atom. The number of aromatic hydroxyl groups is 1. The highest BCUT2D eigenvalue weighted by Crippen LogP contribution is 2.65. The molecule has 6 nitrogen and oxygen atoms in total. The number of carbonyl (C=O) groups excluding carboxylic acids is 1. The summed E-state index contributed by atoms with van der Waals surface area (Å²) in [6.07, 6.45) is 4.71. The van der Waals surface area contributed by atoms with Gasteiger partial charge in [-0.3, -0.25) is 9.69 Å². The first-order chi connectivity index (χ1) is 18.4. The van der Waals surface area contributed by atoms with E-state index in [4.69, 9.17) is 4.74 Å². The van der Waals surface area contributed by atoms with Crippen LogP contribution in [0.15, 0.2) is 48.5 Å². The van der Waals surface area contributed by atoms with Crippen molar-refractivity contribution in [3.05, 3.63) is 71.0 Å². The molecule has 3 aromatic carbocycles. The van der Waals surface area contributed by atoms with Crippen molar-refractivity contribution in [3.63, 3.8) is 0 Å². The van der Waals surface area contributed by atoms with Crippen LogP contribution in [0.5, 0.6) is 11.5 Å². The predicted molar refractivity (Wildman–Crippen MR) is 140 cm³/mol. The molecule has 1 saturated heterocycles. The highest BCUT2D eigenvalue weighted by molar-refractivity contribution is 5.98. The van der Waals surface area contributed by atoms with Crippen LogP contribution in [-0.4, -0.2) is 57.9 Å². The standard InChI is InChI=1S/C31H31FN2O4/c32-22-7-5-18-13-21(4-3-19(18)14-22)29(36)33-23-9-10-31(37)25-15-20-6-8-24(35)27-26(20)30(31,28(23)38-27)11-12-34(25)16-17-1-2-17/h3-8,13-14,17,23,25,28,35,37H,1-2,9-12,15-16H2,(H,33,36)/t23-,25?,28+,30+,31-/m1/s1. The molecule has 0 aromatic heterocycles. The molecule has 3 aliphatic carbocycles. The number of carbonyl (C=O) groups is 1. The molecule has 3 N–H and O–H groups in total. The molecule has 5 atom stereocenters. The summed E-state index contributed by atoms with van der Waals surface area (Å²) in [5, 5.41) is 28.1. The van der Waals surface area contributed by atoms with E-state index in [9.17, 15) is 19.4 Å². The fourth-order valence-corrected chi connectivity index (χ4v) is 8.24. The summed E-state index contributed by atoms with van der Waals surface area (Å²) < 4.78 is 20.2. The second kappa shape index (κ2) is 7.70. The van der Waals surface area contributed by atoms with Crippen LogP contribution in [0, 0.1) is 11.7 Å². The third kappa shape index (κ3) is 2.97. The largest absolute Gasteiger partial charge is 0.504 e. The van der Waals surface area contributed by atoms with Crippen LogP contribution >= 0.6 is 0 Å². The monoisotopic (exact) mass is 514 g/mol. The number of likely N-dealkylation sites (tertiary alicyclic amines) is 1. The van der Waals surface area contributed by atoms with E-state index in [0.717, 1.165) is 53.7 Å². The van der Waals surface area contributed by atoms with E-state index in [1.165, 1.54) is 25.0 Å². The van der Waals surface area contributed by atoms with Gasteiger partial charge >= 0.3 is 0 Å². The molecular weight excluding hydrogens is 483 g/mol. The third-order valence-electron chi connectivity index (χ3n) is 10.1. The van der Waals surface area contributed by atoms with E-state index in [1.807, 2.05) is 6.07 Å². The average Bonchev–Trinajstić information content (AvgIpc) is 3.65. The Kier molecular flexibility index (Phi) is 4.62. The summed E-state index contributed by atoms with van der Waals surface area (Å²) in [4.78, 5) is 16.0. The number of phenolic OH excluding ortho intramolecular Hbond substituents is 1. The number of nitrogens with zero attached hydrogens (tertiary/aromatic N) is 1. The van der Waals surface area contributed by atoms with Gasteiger partial charge in [-0.05, 0) is 97.7 Å². The van der Waals surface area contributed by atoms with Crippen LogP contribution in [0.3, 0.4) is 0 Å². The number of ether oxygens (including phenoxy) is 1. The third-order valence-corrected chi connectivity index (χ3v) is 10.1. The van der Waals surface area contributed by atoms with E-state index in [2.05, 4.69) is 10.2 Å². The quantitative estimate of drug-likeness (QED) is 0.490. The molecule has 2 saturated carbocycles. The zero-order valence-corrected chi connectivity index (χ0v) is 21.1. The van der Waals surface area contributed by atoms with E-state index in [-0.39, 0.29) is 29.6 Å². The SMILES string of the molecule is O=C(N[C@@H]1CC[C@@]2(O)C3Cc4ccc(O)c5c4[C@@]2(CCN3CC2CC2)[C@H]1O5)c1ccc2cc(F)ccc2c1. The minimum Gasteiger partial charge on any atom is -0.504 e. The van der Waals surface area contributed by atoms with E-state index < -0.39 is 17.1 Å². The minimum absolute atomic E-state index is 0.00322. The summed E-state index contributed by atoms with van der Waals surface area (Å²) in [7, 11) is 0. The van der Waals surface area contributed by atoms with Gasteiger partial charge in [0, 0.05) is 23.7 Å². The second-order valence-corrected chi connectivity index (χ2v) is 12.1. The fraction of sp³-hybridized carbons (Fsp3) is 0.452. The van der Waals surface area contributed by atoms with Crippen molar-refractivity contribution < 1.29 is 24.1 Å². The summed E-state index contributed by atoms with van der Waals surface area (Å²) in [6, 6.07) is 13.2. The number of rotatable bonds is 4. The van der Waals surface area contributed by atoms with Gasteiger partial charge in [0.05, 0.1) is 17.1 Å². The van der Waals surface area contributed by atoms with Crippen molar-refractivity contribution in [3.8, 4) is 11.5 Å². The normalized spacial score (nSPS) is 33.1. The first-order valence-electron chi connectivity index (χ1n) is 13.9. The van der Waals surface area contributed by atoms with Gasteiger partial charge in [-0.15, -0.1) is 0 Å². The predicted octanol–water partition coefficient (Wildman–Crippen LogP) is 4.05. The number of hydrogen-bond acceptors (Lipinski definition) is 5. The summed E-state index contributed by atoms with van der Waals surface area (Å²) in [6.45, 7) is 1.90. The van der Waals surface area contributed by atoms with Crippen molar-refractivity contribution in [2.75, 3.05) is 13.1 Å². The topological polar surface area (TPSA) is 82.0 Å². The first-order valence-corrected chi connectivity index (χ1v) is 13.9. The number of hydrogen-bond donors (Lipinski definition) is 3. The Balaban J connectivity index is 1.16. The van der Waals surface area contributed by atoms with Gasteiger partial charge < -0.3 is 20.3 Å². The van der Waals surface area contributed by atoms with Gasteiger partial charge in [0.1, 0.15) is 11.9 Å². The average molecular weight is 515 g/mol.